The minimum Gasteiger partial charge on any atom is -0.467 e. The molecule has 0 aliphatic rings. The van der Waals surface area contributed by atoms with E-state index in [4.69, 9.17) is 27.9 Å². The minimum atomic E-state index is -4.04. The third-order valence-electron chi connectivity index (χ3n) is 5.96. The SMILES string of the molecule is COC(=O)C(Cc1ccc(NC(=O)c2c(Cl)cccc2Cl)cc1)NC(=O)Nc1cccnc1S(=O)(=O)c1ccccc1. The first-order valence-electron chi connectivity index (χ1n) is 12.3. The fraction of sp³-hybridized carbons (Fsp3) is 0.103. The van der Waals surface area contributed by atoms with Crippen molar-refractivity contribution >= 4 is 62.3 Å². The zero-order chi connectivity index (χ0) is 30.3. The van der Waals surface area contributed by atoms with Crippen molar-refractivity contribution in [3.8, 4) is 0 Å². The fourth-order valence-corrected chi connectivity index (χ4v) is 5.85. The molecular formula is C29H24Cl2N4O6S. The van der Waals surface area contributed by atoms with Gasteiger partial charge >= 0.3 is 12.0 Å². The van der Waals surface area contributed by atoms with Crippen LogP contribution < -0.4 is 16.0 Å². The van der Waals surface area contributed by atoms with Gasteiger partial charge in [-0.15, -0.1) is 0 Å². The molecule has 1 aromatic heterocycles. The second-order valence-electron chi connectivity index (χ2n) is 8.80. The highest BCUT2D eigenvalue weighted by atomic mass is 35.5. The second kappa shape index (κ2) is 13.5. The van der Waals surface area contributed by atoms with E-state index in [9.17, 15) is 22.8 Å². The van der Waals surface area contributed by atoms with E-state index < -0.39 is 33.8 Å². The van der Waals surface area contributed by atoms with Gasteiger partial charge in [0, 0.05) is 18.3 Å². The summed E-state index contributed by atoms with van der Waals surface area (Å²) in [7, 11) is -2.86. The molecule has 13 heteroatoms. The quantitative estimate of drug-likeness (QED) is 0.212. The Bertz CT molecular complexity index is 1700. The van der Waals surface area contributed by atoms with Gasteiger partial charge in [-0.3, -0.25) is 4.79 Å². The topological polar surface area (TPSA) is 144 Å². The van der Waals surface area contributed by atoms with Crippen LogP contribution in [0, 0.1) is 0 Å². The number of rotatable bonds is 9. The van der Waals surface area contributed by atoms with Crippen LogP contribution in [0.5, 0.6) is 0 Å². The number of hydrogen-bond donors (Lipinski definition) is 3. The summed E-state index contributed by atoms with van der Waals surface area (Å²) in [6, 6.07) is 19.8. The summed E-state index contributed by atoms with van der Waals surface area (Å²) in [6.07, 6.45) is 1.33. The van der Waals surface area contributed by atoms with Gasteiger partial charge in [-0.05, 0) is 54.1 Å². The van der Waals surface area contributed by atoms with Gasteiger partial charge in [-0.1, -0.05) is 59.6 Å². The van der Waals surface area contributed by atoms with Gasteiger partial charge in [0.1, 0.15) is 6.04 Å². The van der Waals surface area contributed by atoms with Crippen LogP contribution in [0.25, 0.3) is 0 Å². The summed E-state index contributed by atoms with van der Waals surface area (Å²) in [5.74, 6) is -1.22. The monoisotopic (exact) mass is 626 g/mol. The lowest BCUT2D eigenvalue weighted by Crippen LogP contribution is -2.45. The Balaban J connectivity index is 1.45. The van der Waals surface area contributed by atoms with E-state index in [0.29, 0.717) is 11.3 Å². The van der Waals surface area contributed by atoms with Crippen LogP contribution in [0.15, 0.2) is 101 Å². The molecule has 3 amide bonds. The van der Waals surface area contributed by atoms with Crippen molar-refractivity contribution < 1.29 is 27.5 Å². The first-order chi connectivity index (χ1) is 20.1. The minimum absolute atomic E-state index is 0.00851. The van der Waals surface area contributed by atoms with E-state index in [1.807, 2.05) is 0 Å². The lowest BCUT2D eigenvalue weighted by atomic mass is 10.1. The van der Waals surface area contributed by atoms with E-state index in [1.165, 1.54) is 37.6 Å². The molecule has 0 fully saturated rings. The summed E-state index contributed by atoms with van der Waals surface area (Å²) < 4.78 is 31.1. The Hall–Kier alpha value is -4.45. The van der Waals surface area contributed by atoms with E-state index in [-0.39, 0.29) is 37.6 Å². The number of carbonyl (C=O) groups is 3. The number of hydrogen-bond acceptors (Lipinski definition) is 7. The second-order valence-corrected chi connectivity index (χ2v) is 11.5. The van der Waals surface area contributed by atoms with E-state index in [2.05, 4.69) is 20.9 Å². The van der Waals surface area contributed by atoms with Gasteiger partial charge in [-0.2, -0.15) is 0 Å². The molecule has 4 aromatic rings. The summed E-state index contributed by atoms with van der Waals surface area (Å²) in [6.45, 7) is 0. The molecule has 3 aromatic carbocycles. The Kier molecular flexibility index (Phi) is 9.79. The molecule has 0 saturated carbocycles. The zero-order valence-electron chi connectivity index (χ0n) is 22.0. The van der Waals surface area contributed by atoms with Crippen LogP contribution in [-0.4, -0.2) is 44.5 Å². The van der Waals surface area contributed by atoms with Crippen LogP contribution in [0.2, 0.25) is 10.0 Å². The predicted octanol–water partition coefficient (Wildman–Crippen LogP) is 5.38. The molecule has 10 nitrogen and oxygen atoms in total. The average Bonchev–Trinajstić information content (AvgIpc) is 2.98. The van der Waals surface area contributed by atoms with Crippen molar-refractivity contribution in [3.05, 3.63) is 112 Å². The van der Waals surface area contributed by atoms with Crippen molar-refractivity contribution in [2.24, 2.45) is 0 Å². The Morgan fingerprint density at radius 2 is 1.52 bits per heavy atom. The maximum atomic E-state index is 13.1. The van der Waals surface area contributed by atoms with Crippen LogP contribution >= 0.6 is 23.2 Å². The molecule has 0 bridgehead atoms. The third kappa shape index (κ3) is 7.24. The number of aromatic nitrogens is 1. The molecule has 0 aliphatic carbocycles. The molecule has 42 heavy (non-hydrogen) atoms. The molecule has 0 radical (unpaired) electrons. The first kappa shape index (κ1) is 30.5. The Morgan fingerprint density at radius 1 is 0.857 bits per heavy atom. The van der Waals surface area contributed by atoms with Crippen molar-refractivity contribution in [2.75, 3.05) is 17.7 Å². The summed E-state index contributed by atoms with van der Waals surface area (Å²) in [5.41, 5.74) is 1.15. The van der Waals surface area contributed by atoms with Crippen LogP contribution in [0.3, 0.4) is 0 Å². The first-order valence-corrected chi connectivity index (χ1v) is 14.6. The summed E-state index contributed by atoms with van der Waals surface area (Å²) >= 11 is 12.2. The number of carbonyl (C=O) groups excluding carboxylic acids is 3. The number of anilines is 2. The van der Waals surface area contributed by atoms with Gasteiger partial charge in [0.25, 0.3) is 5.91 Å². The summed E-state index contributed by atoms with van der Waals surface area (Å²) in [5, 5.41) is 7.76. The van der Waals surface area contributed by atoms with Crippen molar-refractivity contribution in [3.63, 3.8) is 0 Å². The molecule has 1 unspecified atom stereocenters. The van der Waals surface area contributed by atoms with E-state index in [0.717, 1.165) is 0 Å². The van der Waals surface area contributed by atoms with Gasteiger partial charge in [-0.25, -0.2) is 23.0 Å². The number of ether oxygens (including phenoxy) is 1. The molecular weight excluding hydrogens is 603 g/mol. The standard InChI is InChI=1S/C29H24Cl2N4O6S/c1-41-28(37)24(17-18-12-14-19(15-13-18)33-26(36)25-21(30)9-5-10-22(25)31)35-29(38)34-23-11-6-16-32-27(23)42(39,40)20-7-3-2-4-8-20/h2-16,24H,17H2,1H3,(H,33,36)(H2,34,35,38). The van der Waals surface area contributed by atoms with E-state index in [1.54, 1.807) is 60.7 Å². The molecule has 4 rings (SSSR count). The highest BCUT2D eigenvalue weighted by Gasteiger charge is 2.26. The van der Waals surface area contributed by atoms with Crippen LogP contribution in [0.4, 0.5) is 16.2 Å². The number of halogens is 2. The number of urea groups is 1. The maximum Gasteiger partial charge on any atom is 0.328 e. The molecule has 216 valence electrons. The lowest BCUT2D eigenvalue weighted by Gasteiger charge is -2.18. The van der Waals surface area contributed by atoms with Crippen LogP contribution in [-0.2, 0) is 25.8 Å². The number of sulfone groups is 1. The molecule has 0 spiro atoms. The predicted molar refractivity (Wildman–Crippen MR) is 159 cm³/mol. The number of esters is 1. The highest BCUT2D eigenvalue weighted by Crippen LogP contribution is 2.26. The van der Waals surface area contributed by atoms with Crippen LogP contribution in [0.1, 0.15) is 15.9 Å². The molecule has 0 saturated heterocycles. The average molecular weight is 628 g/mol. The highest BCUT2D eigenvalue weighted by molar-refractivity contribution is 7.91. The van der Waals surface area contributed by atoms with Gasteiger partial charge in [0.05, 0.1) is 33.3 Å². The Morgan fingerprint density at radius 3 is 2.17 bits per heavy atom. The Labute approximate surface area is 251 Å². The number of pyridine rings is 1. The molecule has 1 heterocycles. The lowest BCUT2D eigenvalue weighted by molar-refractivity contribution is -0.142. The fourth-order valence-electron chi connectivity index (χ4n) is 3.93. The number of nitrogens with one attached hydrogen (secondary N) is 3. The smallest absolute Gasteiger partial charge is 0.328 e. The van der Waals surface area contributed by atoms with Gasteiger partial charge < -0.3 is 20.7 Å². The third-order valence-corrected chi connectivity index (χ3v) is 8.32. The van der Waals surface area contributed by atoms with Crippen molar-refractivity contribution in [1.29, 1.82) is 0 Å². The number of methoxy groups -OCH3 is 1. The van der Waals surface area contributed by atoms with Gasteiger partial charge in [0.2, 0.25) is 9.84 Å². The maximum absolute atomic E-state index is 13.1. The van der Waals surface area contributed by atoms with Gasteiger partial charge in [0.15, 0.2) is 5.03 Å². The largest absolute Gasteiger partial charge is 0.467 e. The summed E-state index contributed by atoms with van der Waals surface area (Å²) in [4.78, 5) is 42.0. The number of amides is 3. The molecule has 0 aliphatic heterocycles. The van der Waals surface area contributed by atoms with E-state index >= 15 is 0 Å². The number of nitrogens with zero attached hydrogens (tertiary/aromatic N) is 1. The molecule has 3 N–H and O–H groups in total. The van der Waals surface area contributed by atoms with Crippen molar-refractivity contribution in [1.82, 2.24) is 10.3 Å². The zero-order valence-corrected chi connectivity index (χ0v) is 24.3. The normalized spacial score (nSPS) is 11.7. The molecule has 1 atom stereocenters. The number of benzene rings is 3. The van der Waals surface area contributed by atoms with Crippen molar-refractivity contribution in [2.45, 2.75) is 22.4 Å².